The minimum absolute atomic E-state index is 0.185. The SMILES string of the molecule is C[C@@H]1O[C@H](/C=C(/F)S(=O)(=O)c2ccccc2)[C@H](O)C1O. The first-order valence-electron chi connectivity index (χ1n) is 6.03. The van der Waals surface area contributed by atoms with Gasteiger partial charge in [-0.25, -0.2) is 8.42 Å². The second kappa shape index (κ2) is 5.61. The molecule has 0 amide bonds. The van der Waals surface area contributed by atoms with Gasteiger partial charge in [0.15, 0.2) is 0 Å². The van der Waals surface area contributed by atoms with Crippen molar-refractivity contribution in [3.63, 3.8) is 0 Å². The van der Waals surface area contributed by atoms with Crippen LogP contribution in [0.25, 0.3) is 0 Å². The highest BCUT2D eigenvalue weighted by Crippen LogP contribution is 2.26. The molecule has 0 radical (unpaired) electrons. The van der Waals surface area contributed by atoms with E-state index in [-0.39, 0.29) is 4.90 Å². The van der Waals surface area contributed by atoms with Crippen LogP contribution in [0.2, 0.25) is 0 Å². The standard InChI is InChI=1S/C13H15FO5S/c1-8-12(15)13(16)10(19-8)7-11(14)20(17,18)9-5-3-2-4-6-9/h2-8,10,12-13,15-16H,1H3/b11-7-/t8-,10+,12?,13-/m0/s1. The molecule has 20 heavy (non-hydrogen) atoms. The van der Waals surface area contributed by atoms with Crippen LogP contribution in [0.1, 0.15) is 6.92 Å². The van der Waals surface area contributed by atoms with Crippen molar-refractivity contribution in [1.29, 1.82) is 0 Å². The molecule has 2 N–H and O–H groups in total. The van der Waals surface area contributed by atoms with E-state index in [1.807, 2.05) is 0 Å². The van der Waals surface area contributed by atoms with Gasteiger partial charge in [-0.15, -0.1) is 0 Å². The van der Waals surface area contributed by atoms with Crippen molar-refractivity contribution >= 4 is 9.84 Å². The lowest BCUT2D eigenvalue weighted by molar-refractivity contribution is 0.0316. The molecule has 1 aromatic carbocycles. The topological polar surface area (TPSA) is 83.8 Å². The highest BCUT2D eigenvalue weighted by atomic mass is 32.2. The van der Waals surface area contributed by atoms with Crippen molar-refractivity contribution in [2.75, 3.05) is 0 Å². The number of hydrogen-bond acceptors (Lipinski definition) is 5. The summed E-state index contributed by atoms with van der Waals surface area (Å²) in [5.41, 5.74) is 0. The molecule has 0 saturated carbocycles. The van der Waals surface area contributed by atoms with E-state index in [4.69, 9.17) is 4.74 Å². The van der Waals surface area contributed by atoms with Gasteiger partial charge in [0.25, 0.3) is 0 Å². The summed E-state index contributed by atoms with van der Waals surface area (Å²) < 4.78 is 42.9. The third-order valence-corrected chi connectivity index (χ3v) is 4.69. The molecule has 5 nitrogen and oxygen atoms in total. The average Bonchev–Trinajstić information content (AvgIpc) is 2.67. The Kier molecular flexibility index (Phi) is 4.24. The fourth-order valence-corrected chi connectivity index (χ4v) is 3.00. The number of benzene rings is 1. The first kappa shape index (κ1) is 15.1. The Bertz CT molecular complexity index is 598. The number of aliphatic hydroxyl groups is 2. The predicted octanol–water partition coefficient (Wildman–Crippen LogP) is 0.780. The van der Waals surface area contributed by atoms with Gasteiger partial charge in [0.05, 0.1) is 11.0 Å². The summed E-state index contributed by atoms with van der Waals surface area (Å²) >= 11 is 0. The van der Waals surface area contributed by atoms with Crippen molar-refractivity contribution in [2.24, 2.45) is 0 Å². The Balaban J connectivity index is 2.28. The number of halogens is 1. The second-order valence-corrected chi connectivity index (χ2v) is 6.44. The summed E-state index contributed by atoms with van der Waals surface area (Å²) in [7, 11) is -4.26. The van der Waals surface area contributed by atoms with Crippen molar-refractivity contribution in [3.8, 4) is 0 Å². The van der Waals surface area contributed by atoms with Crippen molar-refractivity contribution in [3.05, 3.63) is 41.6 Å². The summed E-state index contributed by atoms with van der Waals surface area (Å²) in [6.07, 6.45) is -3.75. The molecule has 2 rings (SSSR count). The minimum Gasteiger partial charge on any atom is -0.388 e. The smallest absolute Gasteiger partial charge is 0.233 e. The van der Waals surface area contributed by atoms with Gasteiger partial charge >= 0.3 is 0 Å². The molecule has 1 aliphatic rings. The Morgan fingerprint density at radius 3 is 2.35 bits per heavy atom. The molecular weight excluding hydrogens is 287 g/mol. The van der Waals surface area contributed by atoms with E-state index in [2.05, 4.69) is 0 Å². The molecule has 1 fully saturated rings. The van der Waals surface area contributed by atoms with Crippen molar-refractivity contribution in [2.45, 2.75) is 36.2 Å². The molecule has 110 valence electrons. The van der Waals surface area contributed by atoms with Gasteiger partial charge in [0, 0.05) is 0 Å². The van der Waals surface area contributed by atoms with E-state index in [9.17, 15) is 23.0 Å². The van der Waals surface area contributed by atoms with E-state index in [0.717, 1.165) is 0 Å². The quantitative estimate of drug-likeness (QED) is 0.862. The maximum Gasteiger partial charge on any atom is 0.233 e. The molecule has 1 unspecified atom stereocenters. The maximum atomic E-state index is 13.9. The van der Waals surface area contributed by atoms with Gasteiger partial charge < -0.3 is 14.9 Å². The fourth-order valence-electron chi connectivity index (χ4n) is 1.95. The summed E-state index contributed by atoms with van der Waals surface area (Å²) in [6, 6.07) is 7.11. The maximum absolute atomic E-state index is 13.9. The lowest BCUT2D eigenvalue weighted by Crippen LogP contribution is -2.30. The predicted molar refractivity (Wildman–Crippen MR) is 69.2 cm³/mol. The largest absolute Gasteiger partial charge is 0.388 e. The van der Waals surface area contributed by atoms with E-state index < -0.39 is 39.4 Å². The Hall–Kier alpha value is -1.28. The van der Waals surface area contributed by atoms with Crippen molar-refractivity contribution in [1.82, 2.24) is 0 Å². The zero-order chi connectivity index (χ0) is 14.9. The summed E-state index contributed by atoms with van der Waals surface area (Å²) in [4.78, 5) is -0.185. The minimum atomic E-state index is -4.26. The molecular formula is C13H15FO5S. The number of aliphatic hydroxyl groups excluding tert-OH is 2. The average molecular weight is 302 g/mol. The highest BCUT2D eigenvalue weighted by molar-refractivity contribution is 7.95. The van der Waals surface area contributed by atoms with Crippen LogP contribution in [0.3, 0.4) is 0 Å². The molecule has 7 heteroatoms. The van der Waals surface area contributed by atoms with E-state index >= 15 is 0 Å². The number of ether oxygens (including phenoxy) is 1. The third-order valence-electron chi connectivity index (χ3n) is 3.14. The Morgan fingerprint density at radius 2 is 1.85 bits per heavy atom. The lowest BCUT2D eigenvalue weighted by atomic mass is 10.1. The first-order chi connectivity index (χ1) is 9.34. The number of hydrogen-bond donors (Lipinski definition) is 2. The molecule has 1 heterocycles. The number of sulfone groups is 1. The lowest BCUT2D eigenvalue weighted by Gasteiger charge is -2.10. The van der Waals surface area contributed by atoms with Gasteiger partial charge in [-0.1, -0.05) is 18.2 Å². The van der Waals surface area contributed by atoms with Gasteiger partial charge in [-0.3, -0.25) is 0 Å². The van der Waals surface area contributed by atoms with Gasteiger partial charge in [-0.05, 0) is 25.1 Å². The molecule has 0 aliphatic carbocycles. The van der Waals surface area contributed by atoms with Crippen molar-refractivity contribution < 1.29 is 27.8 Å². The normalized spacial score (nSPS) is 31.5. The van der Waals surface area contributed by atoms with Gasteiger partial charge in [0.2, 0.25) is 15.0 Å². The second-order valence-electron chi connectivity index (χ2n) is 4.57. The first-order valence-corrected chi connectivity index (χ1v) is 7.51. The Morgan fingerprint density at radius 1 is 1.25 bits per heavy atom. The molecule has 0 bridgehead atoms. The van der Waals surface area contributed by atoms with Crippen LogP contribution in [0.5, 0.6) is 0 Å². The van der Waals surface area contributed by atoms with Crippen LogP contribution in [0, 0.1) is 0 Å². The van der Waals surface area contributed by atoms with Crippen LogP contribution >= 0.6 is 0 Å². The molecule has 1 aromatic rings. The van der Waals surface area contributed by atoms with Crippen LogP contribution in [-0.4, -0.2) is 43.0 Å². The molecule has 4 atom stereocenters. The fraction of sp³-hybridized carbons (Fsp3) is 0.385. The zero-order valence-electron chi connectivity index (χ0n) is 10.7. The molecule has 0 spiro atoms. The Labute approximate surface area is 116 Å². The van der Waals surface area contributed by atoms with Crippen LogP contribution in [0.15, 0.2) is 46.5 Å². The molecule has 1 aliphatic heterocycles. The van der Waals surface area contributed by atoms with E-state index in [1.54, 1.807) is 6.07 Å². The summed E-state index contributed by atoms with van der Waals surface area (Å²) in [5.74, 6) is 0. The summed E-state index contributed by atoms with van der Waals surface area (Å²) in [6.45, 7) is 1.51. The monoisotopic (exact) mass is 302 g/mol. The molecule has 0 aromatic heterocycles. The van der Waals surface area contributed by atoms with Gasteiger partial charge in [0.1, 0.15) is 18.3 Å². The van der Waals surface area contributed by atoms with Crippen LogP contribution < -0.4 is 0 Å². The highest BCUT2D eigenvalue weighted by Gasteiger charge is 2.40. The van der Waals surface area contributed by atoms with E-state index in [1.165, 1.54) is 31.2 Å². The van der Waals surface area contributed by atoms with Gasteiger partial charge in [-0.2, -0.15) is 4.39 Å². The van der Waals surface area contributed by atoms with E-state index in [0.29, 0.717) is 6.08 Å². The van der Waals surface area contributed by atoms with Crippen LogP contribution in [0.4, 0.5) is 4.39 Å². The summed E-state index contributed by atoms with van der Waals surface area (Å²) in [5, 5.41) is 17.7. The third kappa shape index (κ3) is 2.76. The number of rotatable bonds is 3. The van der Waals surface area contributed by atoms with Crippen LogP contribution in [-0.2, 0) is 14.6 Å². The molecule has 1 saturated heterocycles. The zero-order valence-corrected chi connectivity index (χ0v) is 11.5.